The van der Waals surface area contributed by atoms with Crippen molar-refractivity contribution in [1.82, 2.24) is 0 Å². The third-order valence-electron chi connectivity index (χ3n) is 2.80. The second-order valence-electron chi connectivity index (χ2n) is 4.39. The lowest BCUT2D eigenvalue weighted by molar-refractivity contribution is -0.120. The van der Waals surface area contributed by atoms with Crippen molar-refractivity contribution < 1.29 is 14.3 Å². The summed E-state index contributed by atoms with van der Waals surface area (Å²) in [6.07, 6.45) is 0.812. The van der Waals surface area contributed by atoms with E-state index >= 15 is 0 Å². The average molecular weight is 306 g/mol. The van der Waals surface area contributed by atoms with E-state index in [4.69, 9.17) is 15.2 Å². The standard InChI is InChI=1S/C15H18N2O3S/c1-19-14-5-4-11(16)9-13(14)17-15(18)10-20-7-6-12-3-2-8-21-12/h2-5,8-9H,6-7,10,16H2,1H3,(H,17,18). The Morgan fingerprint density at radius 2 is 2.24 bits per heavy atom. The number of benzene rings is 1. The lowest BCUT2D eigenvalue weighted by Gasteiger charge is -2.11. The Bertz CT molecular complexity index is 585. The highest BCUT2D eigenvalue weighted by molar-refractivity contribution is 7.09. The van der Waals surface area contributed by atoms with Crippen LogP contribution >= 0.6 is 11.3 Å². The molecule has 0 saturated carbocycles. The average Bonchev–Trinajstić information content (AvgIpc) is 2.97. The van der Waals surface area contributed by atoms with E-state index in [0.29, 0.717) is 23.7 Å². The smallest absolute Gasteiger partial charge is 0.250 e. The van der Waals surface area contributed by atoms with E-state index in [1.54, 1.807) is 36.6 Å². The fourth-order valence-corrected chi connectivity index (χ4v) is 2.49. The number of amides is 1. The van der Waals surface area contributed by atoms with Crippen molar-refractivity contribution in [3.05, 3.63) is 40.6 Å². The summed E-state index contributed by atoms with van der Waals surface area (Å²) >= 11 is 1.68. The fourth-order valence-electron chi connectivity index (χ4n) is 1.80. The number of carbonyl (C=O) groups excluding carboxylic acids is 1. The van der Waals surface area contributed by atoms with Gasteiger partial charge in [0.05, 0.1) is 19.4 Å². The van der Waals surface area contributed by atoms with E-state index < -0.39 is 0 Å². The summed E-state index contributed by atoms with van der Waals surface area (Å²) in [5.41, 5.74) is 6.80. The lowest BCUT2D eigenvalue weighted by Crippen LogP contribution is -2.19. The van der Waals surface area contributed by atoms with Gasteiger partial charge in [-0.3, -0.25) is 4.79 Å². The van der Waals surface area contributed by atoms with Crippen molar-refractivity contribution in [2.45, 2.75) is 6.42 Å². The second kappa shape index (κ2) is 7.66. The number of thiophene rings is 1. The number of nitrogens with two attached hydrogens (primary N) is 1. The first-order valence-corrected chi connectivity index (χ1v) is 7.40. The van der Waals surface area contributed by atoms with Gasteiger partial charge in [0, 0.05) is 17.0 Å². The Morgan fingerprint density at radius 3 is 2.95 bits per heavy atom. The van der Waals surface area contributed by atoms with Crippen LogP contribution < -0.4 is 15.8 Å². The third-order valence-corrected chi connectivity index (χ3v) is 3.74. The summed E-state index contributed by atoms with van der Waals surface area (Å²) in [5, 5.41) is 4.75. The summed E-state index contributed by atoms with van der Waals surface area (Å²) in [6.45, 7) is 0.519. The topological polar surface area (TPSA) is 73.6 Å². The first-order chi connectivity index (χ1) is 10.2. The summed E-state index contributed by atoms with van der Waals surface area (Å²) in [4.78, 5) is 13.1. The molecule has 2 aromatic rings. The highest BCUT2D eigenvalue weighted by atomic mass is 32.1. The highest BCUT2D eigenvalue weighted by Gasteiger charge is 2.08. The van der Waals surface area contributed by atoms with E-state index in [9.17, 15) is 4.79 Å². The molecule has 0 aliphatic carbocycles. The molecule has 5 nitrogen and oxygen atoms in total. The fraction of sp³-hybridized carbons (Fsp3) is 0.267. The van der Waals surface area contributed by atoms with E-state index in [0.717, 1.165) is 6.42 Å². The molecule has 112 valence electrons. The molecular weight excluding hydrogens is 288 g/mol. The number of nitrogen functional groups attached to an aromatic ring is 1. The maximum absolute atomic E-state index is 11.8. The SMILES string of the molecule is COc1ccc(N)cc1NC(=O)COCCc1cccs1. The molecule has 1 heterocycles. The van der Waals surface area contributed by atoms with Crippen molar-refractivity contribution in [3.8, 4) is 5.75 Å². The molecule has 6 heteroatoms. The van der Waals surface area contributed by atoms with Crippen molar-refractivity contribution in [2.24, 2.45) is 0 Å². The summed E-state index contributed by atoms with van der Waals surface area (Å²) in [7, 11) is 1.54. The molecule has 21 heavy (non-hydrogen) atoms. The van der Waals surface area contributed by atoms with Crippen LogP contribution in [0.5, 0.6) is 5.75 Å². The Morgan fingerprint density at radius 1 is 1.38 bits per heavy atom. The molecule has 0 atom stereocenters. The first kappa shape index (κ1) is 15.3. The van der Waals surface area contributed by atoms with Crippen LogP contribution in [0.4, 0.5) is 11.4 Å². The molecule has 3 N–H and O–H groups in total. The van der Waals surface area contributed by atoms with Crippen LogP contribution in [0, 0.1) is 0 Å². The first-order valence-electron chi connectivity index (χ1n) is 6.52. The predicted molar refractivity (Wildman–Crippen MR) is 84.9 cm³/mol. The van der Waals surface area contributed by atoms with Crippen LogP contribution in [-0.4, -0.2) is 26.2 Å². The quantitative estimate of drug-likeness (QED) is 0.609. The third kappa shape index (κ3) is 4.77. The second-order valence-corrected chi connectivity index (χ2v) is 5.42. The number of rotatable bonds is 7. The van der Waals surface area contributed by atoms with Crippen molar-refractivity contribution >= 4 is 28.6 Å². The van der Waals surface area contributed by atoms with Crippen molar-refractivity contribution in [2.75, 3.05) is 31.4 Å². The highest BCUT2D eigenvalue weighted by Crippen LogP contribution is 2.26. The van der Waals surface area contributed by atoms with Crippen LogP contribution in [0.15, 0.2) is 35.7 Å². The number of ether oxygens (including phenoxy) is 2. The van der Waals surface area contributed by atoms with Gasteiger partial charge in [-0.25, -0.2) is 0 Å². The van der Waals surface area contributed by atoms with Gasteiger partial charge in [-0.1, -0.05) is 6.07 Å². The van der Waals surface area contributed by atoms with E-state index in [1.807, 2.05) is 17.5 Å². The number of hydrogen-bond donors (Lipinski definition) is 2. The molecule has 0 saturated heterocycles. The molecule has 0 aliphatic heterocycles. The van der Waals surface area contributed by atoms with Gasteiger partial charge in [-0.2, -0.15) is 0 Å². The zero-order valence-electron chi connectivity index (χ0n) is 11.8. The zero-order valence-corrected chi connectivity index (χ0v) is 12.6. The molecule has 0 aliphatic rings. The molecule has 0 radical (unpaired) electrons. The number of hydrogen-bond acceptors (Lipinski definition) is 5. The van der Waals surface area contributed by atoms with Gasteiger partial charge >= 0.3 is 0 Å². The summed E-state index contributed by atoms with van der Waals surface area (Å²) < 4.78 is 10.5. The maximum atomic E-state index is 11.8. The minimum absolute atomic E-state index is 0.00330. The van der Waals surface area contributed by atoms with Gasteiger partial charge in [-0.15, -0.1) is 11.3 Å². The molecule has 0 spiro atoms. The van der Waals surface area contributed by atoms with Gasteiger partial charge < -0.3 is 20.5 Å². The molecule has 1 aromatic carbocycles. The number of nitrogens with one attached hydrogen (secondary N) is 1. The molecule has 1 aromatic heterocycles. The van der Waals surface area contributed by atoms with E-state index in [-0.39, 0.29) is 12.5 Å². The van der Waals surface area contributed by atoms with E-state index in [1.165, 1.54) is 4.88 Å². The van der Waals surface area contributed by atoms with Crippen LogP contribution in [0.2, 0.25) is 0 Å². The molecule has 1 amide bonds. The largest absolute Gasteiger partial charge is 0.495 e. The van der Waals surface area contributed by atoms with Crippen LogP contribution in [0.25, 0.3) is 0 Å². The zero-order chi connectivity index (χ0) is 15.1. The van der Waals surface area contributed by atoms with Gasteiger partial charge in [-0.05, 0) is 29.6 Å². The van der Waals surface area contributed by atoms with Crippen molar-refractivity contribution in [3.63, 3.8) is 0 Å². The van der Waals surface area contributed by atoms with Gasteiger partial charge in [0.1, 0.15) is 12.4 Å². The Balaban J connectivity index is 1.77. The number of carbonyl (C=O) groups is 1. The van der Waals surface area contributed by atoms with Gasteiger partial charge in [0.15, 0.2) is 0 Å². The minimum atomic E-state index is -0.231. The van der Waals surface area contributed by atoms with Crippen LogP contribution in [0.1, 0.15) is 4.88 Å². The number of methoxy groups -OCH3 is 1. The van der Waals surface area contributed by atoms with Crippen LogP contribution in [-0.2, 0) is 16.0 Å². The number of anilines is 2. The Labute approximate surface area is 127 Å². The van der Waals surface area contributed by atoms with Crippen molar-refractivity contribution in [1.29, 1.82) is 0 Å². The maximum Gasteiger partial charge on any atom is 0.250 e. The Hall–Kier alpha value is -2.05. The van der Waals surface area contributed by atoms with Crippen LogP contribution in [0.3, 0.4) is 0 Å². The van der Waals surface area contributed by atoms with Gasteiger partial charge in [0.25, 0.3) is 0 Å². The summed E-state index contributed by atoms with van der Waals surface area (Å²) in [5.74, 6) is 0.334. The minimum Gasteiger partial charge on any atom is -0.495 e. The normalized spacial score (nSPS) is 10.3. The Kier molecular flexibility index (Phi) is 5.59. The molecule has 2 rings (SSSR count). The predicted octanol–water partition coefficient (Wildman–Crippen LogP) is 2.54. The van der Waals surface area contributed by atoms with E-state index in [2.05, 4.69) is 5.32 Å². The molecule has 0 bridgehead atoms. The van der Waals surface area contributed by atoms with Gasteiger partial charge in [0.2, 0.25) is 5.91 Å². The lowest BCUT2D eigenvalue weighted by atomic mass is 10.2. The monoisotopic (exact) mass is 306 g/mol. The summed E-state index contributed by atoms with van der Waals surface area (Å²) in [6, 6.07) is 9.13. The molecular formula is C15H18N2O3S. The molecule has 0 fully saturated rings. The molecule has 0 unspecified atom stereocenters.